The Morgan fingerprint density at radius 2 is 2.05 bits per heavy atom. The topological polar surface area (TPSA) is 63.7 Å². The van der Waals surface area contributed by atoms with E-state index in [0.29, 0.717) is 6.42 Å². The first kappa shape index (κ1) is 15.5. The molecule has 114 valence electrons. The monoisotopic (exact) mass is 291 g/mol. The molecule has 0 spiro atoms. The standard InChI is InChI=1S/C16H21NO4/c1-16(2,3)14(19)7-8-17-11-5-6-13(18)12(17)9-10(11)15(20)21-4/h5-8,10-12H,9H2,1-4H3. The van der Waals surface area contributed by atoms with Gasteiger partial charge in [-0.2, -0.15) is 0 Å². The summed E-state index contributed by atoms with van der Waals surface area (Å²) in [5, 5.41) is 0. The van der Waals surface area contributed by atoms with Crippen LogP contribution < -0.4 is 0 Å². The first-order valence-corrected chi connectivity index (χ1v) is 7.05. The molecule has 21 heavy (non-hydrogen) atoms. The van der Waals surface area contributed by atoms with Crippen LogP contribution in [0.15, 0.2) is 24.4 Å². The second-order valence-electron chi connectivity index (χ2n) is 6.51. The molecule has 0 aromatic heterocycles. The van der Waals surface area contributed by atoms with Crippen molar-refractivity contribution in [3.8, 4) is 0 Å². The van der Waals surface area contributed by atoms with Crippen LogP contribution >= 0.6 is 0 Å². The van der Waals surface area contributed by atoms with Crippen molar-refractivity contribution >= 4 is 17.5 Å². The van der Waals surface area contributed by atoms with Crippen molar-refractivity contribution in [2.24, 2.45) is 11.3 Å². The highest BCUT2D eigenvalue weighted by Crippen LogP contribution is 2.35. The molecule has 0 amide bonds. The van der Waals surface area contributed by atoms with Crippen LogP contribution in [0.5, 0.6) is 0 Å². The van der Waals surface area contributed by atoms with Crippen LogP contribution in [0.2, 0.25) is 0 Å². The van der Waals surface area contributed by atoms with Crippen molar-refractivity contribution in [3.05, 3.63) is 24.4 Å². The van der Waals surface area contributed by atoms with Crippen molar-refractivity contribution in [1.82, 2.24) is 4.90 Å². The summed E-state index contributed by atoms with van der Waals surface area (Å²) in [6.07, 6.45) is 6.81. The van der Waals surface area contributed by atoms with Crippen molar-refractivity contribution in [3.63, 3.8) is 0 Å². The van der Waals surface area contributed by atoms with Gasteiger partial charge in [-0.3, -0.25) is 14.4 Å². The Morgan fingerprint density at radius 3 is 2.62 bits per heavy atom. The van der Waals surface area contributed by atoms with Gasteiger partial charge in [0.2, 0.25) is 0 Å². The molecule has 3 unspecified atom stereocenters. The normalized spacial score (nSPS) is 28.3. The van der Waals surface area contributed by atoms with Gasteiger partial charge in [0.1, 0.15) is 0 Å². The summed E-state index contributed by atoms with van der Waals surface area (Å²) >= 11 is 0. The van der Waals surface area contributed by atoms with Crippen molar-refractivity contribution in [1.29, 1.82) is 0 Å². The fourth-order valence-electron chi connectivity index (χ4n) is 2.71. The molecular formula is C16H21NO4. The number of carbonyl (C=O) groups excluding carboxylic acids is 3. The number of nitrogens with zero attached hydrogens (tertiary/aromatic N) is 1. The molecule has 3 atom stereocenters. The van der Waals surface area contributed by atoms with Crippen LogP contribution in [0.3, 0.4) is 0 Å². The lowest BCUT2D eigenvalue weighted by Gasteiger charge is -2.30. The number of hydrogen-bond donors (Lipinski definition) is 0. The largest absolute Gasteiger partial charge is 0.469 e. The van der Waals surface area contributed by atoms with E-state index in [1.54, 1.807) is 17.2 Å². The first-order chi connectivity index (χ1) is 9.75. The average molecular weight is 291 g/mol. The Morgan fingerprint density at radius 1 is 1.38 bits per heavy atom. The molecule has 2 aliphatic heterocycles. The molecule has 0 aromatic carbocycles. The molecule has 2 heterocycles. The lowest BCUT2D eigenvalue weighted by atomic mass is 9.91. The molecule has 0 aliphatic carbocycles. The third-order valence-corrected chi connectivity index (χ3v) is 4.02. The highest BCUT2D eigenvalue weighted by molar-refractivity contribution is 5.98. The smallest absolute Gasteiger partial charge is 0.311 e. The number of rotatable bonds is 3. The van der Waals surface area contributed by atoms with Gasteiger partial charge < -0.3 is 9.64 Å². The SMILES string of the molecule is COC(=O)C1CC2C(=O)C=CC1N2C=CC(=O)C(C)(C)C. The Kier molecular flexibility index (Phi) is 4.03. The van der Waals surface area contributed by atoms with E-state index in [0.717, 1.165) is 0 Å². The molecule has 5 heteroatoms. The predicted octanol–water partition coefficient (Wildman–Crippen LogP) is 1.49. The summed E-state index contributed by atoms with van der Waals surface area (Å²) in [6.45, 7) is 5.52. The minimum atomic E-state index is -0.465. The van der Waals surface area contributed by atoms with E-state index in [1.807, 2.05) is 20.8 Å². The second-order valence-corrected chi connectivity index (χ2v) is 6.51. The maximum Gasteiger partial charge on any atom is 0.311 e. The highest BCUT2D eigenvalue weighted by Gasteiger charge is 2.47. The van der Waals surface area contributed by atoms with Crippen LogP contribution in [-0.4, -0.2) is 41.6 Å². The fraction of sp³-hybridized carbons (Fsp3) is 0.562. The number of ketones is 2. The third-order valence-electron chi connectivity index (χ3n) is 4.02. The number of esters is 1. The van der Waals surface area contributed by atoms with Gasteiger partial charge in [0.05, 0.1) is 25.1 Å². The van der Waals surface area contributed by atoms with Crippen LogP contribution in [-0.2, 0) is 19.1 Å². The number of fused-ring (bicyclic) bond motifs is 2. The van der Waals surface area contributed by atoms with Crippen LogP contribution in [0, 0.1) is 11.3 Å². The zero-order valence-corrected chi connectivity index (χ0v) is 12.8. The Bertz CT molecular complexity index is 527. The summed E-state index contributed by atoms with van der Waals surface area (Å²) in [7, 11) is 1.35. The van der Waals surface area contributed by atoms with E-state index in [2.05, 4.69) is 0 Å². The summed E-state index contributed by atoms with van der Waals surface area (Å²) in [4.78, 5) is 37.6. The lowest BCUT2D eigenvalue weighted by molar-refractivity contribution is -0.145. The van der Waals surface area contributed by atoms with E-state index in [-0.39, 0.29) is 35.5 Å². The van der Waals surface area contributed by atoms with Gasteiger partial charge >= 0.3 is 5.97 Å². The predicted molar refractivity (Wildman–Crippen MR) is 77.3 cm³/mol. The molecule has 1 fully saturated rings. The molecule has 0 saturated carbocycles. The molecule has 0 N–H and O–H groups in total. The molecule has 2 bridgehead atoms. The van der Waals surface area contributed by atoms with Crippen LogP contribution in [0.4, 0.5) is 0 Å². The molecule has 1 saturated heterocycles. The Labute approximate surface area is 124 Å². The lowest BCUT2D eigenvalue weighted by Crippen LogP contribution is -2.40. The first-order valence-electron chi connectivity index (χ1n) is 7.05. The average Bonchev–Trinajstić information content (AvgIpc) is 2.69. The molecular weight excluding hydrogens is 270 g/mol. The molecule has 5 nitrogen and oxygen atoms in total. The number of carbonyl (C=O) groups is 3. The maximum absolute atomic E-state index is 12.0. The number of allylic oxidation sites excluding steroid dienone is 1. The van der Waals surface area contributed by atoms with Gasteiger partial charge in [-0.1, -0.05) is 26.8 Å². The summed E-state index contributed by atoms with van der Waals surface area (Å²) in [5.41, 5.74) is -0.465. The van der Waals surface area contributed by atoms with Gasteiger partial charge in [0.15, 0.2) is 11.6 Å². The van der Waals surface area contributed by atoms with E-state index in [4.69, 9.17) is 4.74 Å². The summed E-state index contributed by atoms with van der Waals surface area (Å²) in [6, 6.07) is -0.600. The summed E-state index contributed by atoms with van der Waals surface area (Å²) in [5.74, 6) is -0.733. The van der Waals surface area contributed by atoms with Crippen molar-refractivity contribution < 1.29 is 19.1 Å². The van der Waals surface area contributed by atoms with E-state index in [1.165, 1.54) is 19.3 Å². The van der Waals surface area contributed by atoms with E-state index >= 15 is 0 Å². The van der Waals surface area contributed by atoms with Gasteiger partial charge in [0.25, 0.3) is 0 Å². The minimum absolute atomic E-state index is 0.0153. The molecule has 2 rings (SSSR count). The fourth-order valence-corrected chi connectivity index (χ4v) is 2.71. The maximum atomic E-state index is 12.0. The van der Waals surface area contributed by atoms with Gasteiger partial charge in [0, 0.05) is 11.6 Å². The second kappa shape index (κ2) is 5.47. The summed E-state index contributed by atoms with van der Waals surface area (Å²) < 4.78 is 4.80. The van der Waals surface area contributed by atoms with Crippen molar-refractivity contribution in [2.45, 2.75) is 39.3 Å². The number of ether oxygens (including phenoxy) is 1. The minimum Gasteiger partial charge on any atom is -0.469 e. The number of hydrogen-bond acceptors (Lipinski definition) is 5. The Balaban J connectivity index is 2.22. The van der Waals surface area contributed by atoms with Gasteiger partial charge in [-0.05, 0) is 18.6 Å². The van der Waals surface area contributed by atoms with Gasteiger partial charge in [-0.15, -0.1) is 0 Å². The van der Waals surface area contributed by atoms with Crippen LogP contribution in [0.1, 0.15) is 27.2 Å². The molecule has 0 aromatic rings. The van der Waals surface area contributed by atoms with Gasteiger partial charge in [-0.25, -0.2) is 0 Å². The zero-order chi connectivity index (χ0) is 15.8. The van der Waals surface area contributed by atoms with E-state index in [9.17, 15) is 14.4 Å². The zero-order valence-electron chi connectivity index (χ0n) is 12.8. The molecule has 0 radical (unpaired) electrons. The third kappa shape index (κ3) is 2.91. The van der Waals surface area contributed by atoms with E-state index < -0.39 is 5.41 Å². The molecule has 2 aliphatic rings. The van der Waals surface area contributed by atoms with Crippen LogP contribution in [0.25, 0.3) is 0 Å². The van der Waals surface area contributed by atoms with Crippen molar-refractivity contribution in [2.75, 3.05) is 7.11 Å². The quantitative estimate of drug-likeness (QED) is 0.582. The Hall–Kier alpha value is -1.91. The number of methoxy groups -OCH3 is 1. The highest BCUT2D eigenvalue weighted by atomic mass is 16.5.